The van der Waals surface area contributed by atoms with Crippen LogP contribution < -0.4 is 0 Å². The van der Waals surface area contributed by atoms with Crippen molar-refractivity contribution in [3.05, 3.63) is 10.6 Å². The summed E-state index contributed by atoms with van der Waals surface area (Å²) in [6.45, 7) is 7.77. The minimum Gasteiger partial charge on any atom is -0.374 e. The summed E-state index contributed by atoms with van der Waals surface area (Å²) in [5.41, 5.74) is 0. The fourth-order valence-electron chi connectivity index (χ4n) is 2.13. The Morgan fingerprint density at radius 3 is 3.00 bits per heavy atom. The molecule has 2 heterocycles. The van der Waals surface area contributed by atoms with Gasteiger partial charge >= 0.3 is 0 Å². The van der Waals surface area contributed by atoms with Crippen molar-refractivity contribution in [1.82, 2.24) is 19.7 Å². The van der Waals surface area contributed by atoms with E-state index in [1.165, 1.54) is 0 Å². The molecule has 1 aliphatic rings. The molecule has 0 amide bonds. The molecule has 1 aromatic heterocycles. The first-order chi connectivity index (χ1) is 8.08. The lowest BCUT2D eigenvalue weighted by molar-refractivity contribution is -0.0280. The van der Waals surface area contributed by atoms with E-state index in [1.54, 1.807) is 0 Å². The third-order valence-electron chi connectivity index (χ3n) is 3.03. The van der Waals surface area contributed by atoms with E-state index in [1.807, 2.05) is 0 Å². The van der Waals surface area contributed by atoms with Crippen LogP contribution in [0, 0.1) is 4.77 Å². The first kappa shape index (κ1) is 12.7. The van der Waals surface area contributed by atoms with Crippen LogP contribution in [0.15, 0.2) is 0 Å². The van der Waals surface area contributed by atoms with Crippen LogP contribution in [0.1, 0.15) is 25.6 Å². The van der Waals surface area contributed by atoms with Crippen molar-refractivity contribution in [3.63, 3.8) is 0 Å². The number of H-pyrrole nitrogens is 1. The highest BCUT2D eigenvalue weighted by Gasteiger charge is 2.20. The van der Waals surface area contributed by atoms with Gasteiger partial charge in [0.1, 0.15) is 5.82 Å². The van der Waals surface area contributed by atoms with E-state index < -0.39 is 0 Å². The van der Waals surface area contributed by atoms with Crippen molar-refractivity contribution in [2.45, 2.75) is 32.4 Å². The average Bonchev–Trinajstić information content (AvgIpc) is 2.61. The zero-order valence-corrected chi connectivity index (χ0v) is 11.5. The smallest absolute Gasteiger partial charge is 0.195 e. The van der Waals surface area contributed by atoms with Gasteiger partial charge in [0.05, 0.1) is 19.3 Å². The number of aromatic nitrogens is 3. The number of nitrogens with zero attached hydrogens (tertiary/aromatic N) is 3. The molecule has 5 nitrogen and oxygen atoms in total. The van der Waals surface area contributed by atoms with Crippen LogP contribution >= 0.6 is 12.2 Å². The fourth-order valence-corrected chi connectivity index (χ4v) is 2.34. The van der Waals surface area contributed by atoms with Crippen molar-refractivity contribution in [2.24, 2.45) is 0 Å². The molecule has 1 fully saturated rings. The molecular formula is C11H20N4OS. The molecule has 1 N–H and O–H groups in total. The molecule has 17 heavy (non-hydrogen) atoms. The minimum absolute atomic E-state index is 0.204. The number of aromatic amines is 1. The summed E-state index contributed by atoms with van der Waals surface area (Å²) in [6.07, 6.45) is 0.204. The molecule has 2 rings (SSSR count). The predicted octanol–water partition coefficient (Wildman–Crippen LogP) is 1.39. The number of nitrogens with one attached hydrogen (secondary N) is 1. The van der Waals surface area contributed by atoms with E-state index >= 15 is 0 Å². The molecule has 1 atom stereocenters. The molecule has 0 spiro atoms. The Labute approximate surface area is 107 Å². The quantitative estimate of drug-likeness (QED) is 0.830. The summed E-state index contributed by atoms with van der Waals surface area (Å²) in [4.78, 5) is 2.28. The van der Waals surface area contributed by atoms with Crippen LogP contribution in [0.2, 0.25) is 0 Å². The lowest BCUT2D eigenvalue weighted by Crippen LogP contribution is -2.42. The largest absolute Gasteiger partial charge is 0.374 e. The average molecular weight is 256 g/mol. The van der Waals surface area contributed by atoms with Crippen LogP contribution in [-0.2, 0) is 11.3 Å². The van der Waals surface area contributed by atoms with Crippen LogP contribution in [0.25, 0.3) is 0 Å². The lowest BCUT2D eigenvalue weighted by Gasteiger charge is -2.30. The maximum atomic E-state index is 5.76. The summed E-state index contributed by atoms with van der Waals surface area (Å²) in [7, 11) is 2.12. The Balaban J connectivity index is 2.12. The van der Waals surface area contributed by atoms with Crippen LogP contribution in [-0.4, -0.2) is 52.5 Å². The van der Waals surface area contributed by atoms with E-state index in [2.05, 4.69) is 40.6 Å². The number of ether oxygens (including phenoxy) is 1. The highest BCUT2D eigenvalue weighted by molar-refractivity contribution is 7.71. The predicted molar refractivity (Wildman–Crippen MR) is 68.7 cm³/mol. The molecule has 1 unspecified atom stereocenters. The number of hydrogen-bond donors (Lipinski definition) is 1. The van der Waals surface area contributed by atoms with Gasteiger partial charge in [0.2, 0.25) is 0 Å². The standard InChI is InChI=1S/C11H20N4OS/c1-8(2)10-12-13-11(17)15(10)7-9-6-14(3)4-5-16-9/h8-9H,4-7H2,1-3H3,(H,13,17). The maximum Gasteiger partial charge on any atom is 0.195 e. The van der Waals surface area contributed by atoms with Gasteiger partial charge in [-0.15, -0.1) is 0 Å². The number of rotatable bonds is 3. The van der Waals surface area contributed by atoms with Crippen LogP contribution in [0.4, 0.5) is 0 Å². The summed E-state index contributed by atoms with van der Waals surface area (Å²) in [5, 5.41) is 7.14. The summed E-state index contributed by atoms with van der Waals surface area (Å²) in [5.74, 6) is 1.37. The molecule has 0 bridgehead atoms. The second kappa shape index (κ2) is 5.29. The Morgan fingerprint density at radius 1 is 1.59 bits per heavy atom. The van der Waals surface area contributed by atoms with Gasteiger partial charge in [-0.25, -0.2) is 0 Å². The highest BCUT2D eigenvalue weighted by atomic mass is 32.1. The molecular weight excluding hydrogens is 236 g/mol. The topological polar surface area (TPSA) is 46.1 Å². The van der Waals surface area contributed by atoms with Gasteiger partial charge in [0.15, 0.2) is 4.77 Å². The van der Waals surface area contributed by atoms with Crippen molar-refractivity contribution in [1.29, 1.82) is 0 Å². The van der Waals surface area contributed by atoms with Gasteiger partial charge in [0, 0.05) is 19.0 Å². The molecule has 1 aliphatic heterocycles. The van der Waals surface area contributed by atoms with Crippen molar-refractivity contribution >= 4 is 12.2 Å². The Hall–Kier alpha value is -0.720. The second-order valence-corrected chi connectivity index (χ2v) is 5.29. The molecule has 0 aliphatic carbocycles. The molecule has 0 radical (unpaired) electrons. The summed E-state index contributed by atoms with van der Waals surface area (Å²) < 4.78 is 8.51. The van der Waals surface area contributed by atoms with Crippen molar-refractivity contribution < 1.29 is 4.74 Å². The third-order valence-corrected chi connectivity index (χ3v) is 3.34. The van der Waals surface area contributed by atoms with E-state index in [0.29, 0.717) is 10.7 Å². The van der Waals surface area contributed by atoms with E-state index in [0.717, 1.165) is 32.1 Å². The SMILES string of the molecule is CC(C)c1n[nH]c(=S)n1CC1CN(C)CCO1. The molecule has 96 valence electrons. The van der Waals surface area contributed by atoms with Gasteiger partial charge in [-0.05, 0) is 19.3 Å². The van der Waals surface area contributed by atoms with Crippen LogP contribution in [0.5, 0.6) is 0 Å². The van der Waals surface area contributed by atoms with Crippen LogP contribution in [0.3, 0.4) is 0 Å². The number of likely N-dealkylation sites (N-methyl/N-ethyl adjacent to an activating group) is 1. The second-order valence-electron chi connectivity index (χ2n) is 4.91. The van der Waals surface area contributed by atoms with Gasteiger partial charge in [-0.1, -0.05) is 13.8 Å². The molecule has 6 heteroatoms. The Morgan fingerprint density at radius 2 is 2.35 bits per heavy atom. The normalized spacial score (nSPS) is 22.2. The van der Waals surface area contributed by atoms with E-state index in [4.69, 9.17) is 17.0 Å². The minimum atomic E-state index is 0.204. The van der Waals surface area contributed by atoms with Gasteiger partial charge in [-0.2, -0.15) is 5.10 Å². The third kappa shape index (κ3) is 2.94. The first-order valence-corrected chi connectivity index (χ1v) is 6.44. The number of hydrogen-bond acceptors (Lipinski definition) is 4. The Bertz CT molecular complexity index is 425. The summed E-state index contributed by atoms with van der Waals surface area (Å²) >= 11 is 5.27. The monoisotopic (exact) mass is 256 g/mol. The lowest BCUT2D eigenvalue weighted by atomic mass is 10.2. The van der Waals surface area contributed by atoms with E-state index in [9.17, 15) is 0 Å². The van der Waals surface area contributed by atoms with Crippen molar-refractivity contribution in [2.75, 3.05) is 26.7 Å². The first-order valence-electron chi connectivity index (χ1n) is 6.03. The van der Waals surface area contributed by atoms with Gasteiger partial charge < -0.3 is 14.2 Å². The number of morpholine rings is 1. The molecule has 0 saturated carbocycles. The molecule has 1 aromatic rings. The zero-order valence-electron chi connectivity index (χ0n) is 10.6. The summed E-state index contributed by atoms with van der Waals surface area (Å²) in [6, 6.07) is 0. The molecule has 1 saturated heterocycles. The Kier molecular flexibility index (Phi) is 3.96. The fraction of sp³-hybridized carbons (Fsp3) is 0.818. The highest BCUT2D eigenvalue weighted by Crippen LogP contribution is 2.14. The molecule has 0 aromatic carbocycles. The van der Waals surface area contributed by atoms with Crippen molar-refractivity contribution in [3.8, 4) is 0 Å². The maximum absolute atomic E-state index is 5.76. The van der Waals surface area contributed by atoms with Gasteiger partial charge in [0.25, 0.3) is 0 Å². The van der Waals surface area contributed by atoms with Gasteiger partial charge in [-0.3, -0.25) is 5.10 Å². The zero-order chi connectivity index (χ0) is 12.4. The van der Waals surface area contributed by atoms with E-state index in [-0.39, 0.29) is 6.10 Å².